The molecule has 5 heteroatoms. The van der Waals surface area contributed by atoms with Gasteiger partial charge in [0.1, 0.15) is 5.69 Å². The summed E-state index contributed by atoms with van der Waals surface area (Å²) in [4.78, 5) is -3.01. The summed E-state index contributed by atoms with van der Waals surface area (Å²) >= 11 is 2.19. The summed E-state index contributed by atoms with van der Waals surface area (Å²) < 4.78 is 25.9. The first-order chi connectivity index (χ1) is 4.50. The van der Waals surface area contributed by atoms with E-state index in [4.69, 9.17) is 0 Å². The Morgan fingerprint density at radius 2 is 2.30 bits per heavy atom. The number of rotatable bonds is 1. The molecule has 0 spiro atoms. The molecule has 1 rings (SSSR count). The molecule has 0 saturated carbocycles. The van der Waals surface area contributed by atoms with Crippen LogP contribution in [0.2, 0.25) is 0 Å². The van der Waals surface area contributed by atoms with Gasteiger partial charge in [-0.15, -0.1) is 0 Å². The molecular weight excluding hydrogens is 206 g/mol. The van der Waals surface area contributed by atoms with Crippen LogP contribution in [0.15, 0.2) is 12.3 Å². The van der Waals surface area contributed by atoms with Gasteiger partial charge in [-0.1, -0.05) is 0 Å². The van der Waals surface area contributed by atoms with Crippen LogP contribution in [-0.2, 0) is 11.9 Å². The summed E-state index contributed by atoms with van der Waals surface area (Å²) in [5, 5.41) is 3.50. The summed E-state index contributed by atoms with van der Waals surface area (Å²) in [7, 11) is 1.59. The zero-order chi connectivity index (χ0) is 7.78. The van der Waals surface area contributed by atoms with Crippen LogP contribution in [0.3, 0.4) is 0 Å². The smallest absolute Gasteiger partial charge is 0.275 e. The van der Waals surface area contributed by atoms with Crippen molar-refractivity contribution in [2.45, 2.75) is 4.83 Å². The molecule has 1 aromatic rings. The summed E-state index contributed by atoms with van der Waals surface area (Å²) in [5.74, 6) is 0. The van der Waals surface area contributed by atoms with Crippen LogP contribution in [0.1, 0.15) is 5.69 Å². The van der Waals surface area contributed by atoms with Crippen LogP contribution in [0.25, 0.3) is 0 Å². The highest BCUT2D eigenvalue weighted by atomic mass is 79.9. The average Bonchev–Trinajstić information content (AvgIpc) is 2.11. The lowest BCUT2D eigenvalue weighted by Crippen LogP contribution is -2.04. The van der Waals surface area contributed by atoms with E-state index in [9.17, 15) is 8.78 Å². The first kappa shape index (κ1) is 7.65. The van der Waals surface area contributed by atoms with Crippen LogP contribution >= 0.6 is 15.9 Å². The number of hydrogen-bond donors (Lipinski definition) is 0. The fraction of sp³-hybridized carbons (Fsp3) is 0.400. The maximum Gasteiger partial charge on any atom is 0.344 e. The Morgan fingerprint density at radius 3 is 2.50 bits per heavy atom. The van der Waals surface area contributed by atoms with Crippen molar-refractivity contribution in [1.29, 1.82) is 0 Å². The molecule has 10 heavy (non-hydrogen) atoms. The molecule has 0 unspecified atom stereocenters. The molecule has 0 amide bonds. The third-order valence-corrected chi connectivity index (χ3v) is 1.41. The lowest BCUT2D eigenvalue weighted by atomic mass is 10.5. The van der Waals surface area contributed by atoms with Gasteiger partial charge in [0.05, 0.1) is 0 Å². The van der Waals surface area contributed by atoms with Gasteiger partial charge in [-0.2, -0.15) is 13.9 Å². The lowest BCUT2D eigenvalue weighted by Gasteiger charge is -2.01. The van der Waals surface area contributed by atoms with E-state index in [1.165, 1.54) is 16.9 Å². The van der Waals surface area contributed by atoms with E-state index >= 15 is 0 Å². The molecule has 0 aliphatic carbocycles. The van der Waals surface area contributed by atoms with E-state index in [2.05, 4.69) is 21.0 Å². The lowest BCUT2D eigenvalue weighted by molar-refractivity contribution is 0.108. The van der Waals surface area contributed by atoms with E-state index in [-0.39, 0.29) is 5.69 Å². The molecule has 0 saturated heterocycles. The Hall–Kier alpha value is -0.450. The van der Waals surface area contributed by atoms with E-state index in [1.54, 1.807) is 7.05 Å². The molecule has 2 nitrogen and oxygen atoms in total. The largest absolute Gasteiger partial charge is 0.344 e. The molecule has 56 valence electrons. The van der Waals surface area contributed by atoms with Crippen molar-refractivity contribution in [1.82, 2.24) is 9.78 Å². The normalized spacial score (nSPS) is 12.0. The van der Waals surface area contributed by atoms with Gasteiger partial charge in [-0.05, 0) is 22.0 Å². The Kier molecular flexibility index (Phi) is 1.76. The van der Waals surface area contributed by atoms with Crippen LogP contribution in [0, 0.1) is 0 Å². The molecule has 0 radical (unpaired) electrons. The topological polar surface area (TPSA) is 17.8 Å². The van der Waals surface area contributed by atoms with Crippen LogP contribution in [0.4, 0.5) is 8.78 Å². The van der Waals surface area contributed by atoms with Gasteiger partial charge in [-0.25, -0.2) is 0 Å². The van der Waals surface area contributed by atoms with Gasteiger partial charge in [0.15, 0.2) is 0 Å². The predicted molar refractivity (Wildman–Crippen MR) is 36.0 cm³/mol. The number of alkyl halides is 3. The number of halogens is 3. The first-order valence-electron chi connectivity index (χ1n) is 2.57. The summed E-state index contributed by atoms with van der Waals surface area (Å²) in [6.07, 6.45) is 1.46. The minimum absolute atomic E-state index is 0.269. The number of aryl methyl sites for hydroxylation is 1. The number of nitrogens with zero attached hydrogens (tertiary/aromatic N) is 2. The maximum atomic E-state index is 12.3. The van der Waals surface area contributed by atoms with Crippen molar-refractivity contribution in [3.05, 3.63) is 18.0 Å². The Balaban J connectivity index is 2.96. The van der Waals surface area contributed by atoms with Crippen molar-refractivity contribution in [3.63, 3.8) is 0 Å². The van der Waals surface area contributed by atoms with Gasteiger partial charge < -0.3 is 0 Å². The molecule has 0 aliphatic heterocycles. The zero-order valence-electron chi connectivity index (χ0n) is 5.18. The van der Waals surface area contributed by atoms with Gasteiger partial charge in [0.2, 0.25) is 0 Å². The summed E-state index contributed by atoms with van der Waals surface area (Å²) in [5.41, 5.74) is -0.269. The highest BCUT2D eigenvalue weighted by Gasteiger charge is 2.29. The molecular formula is C5H5BrF2N2. The molecule has 1 heterocycles. The Morgan fingerprint density at radius 1 is 1.70 bits per heavy atom. The number of hydrogen-bond acceptors (Lipinski definition) is 1. The second kappa shape index (κ2) is 2.30. The van der Waals surface area contributed by atoms with Gasteiger partial charge in [0.25, 0.3) is 0 Å². The standard InChI is InChI=1S/C5H5BrF2N2/c1-10-3-2-4(9-10)5(6,7)8/h2-3H,1H3. The summed E-state index contributed by atoms with van der Waals surface area (Å²) in [6.45, 7) is 0. The molecule has 1 aromatic heterocycles. The highest BCUT2D eigenvalue weighted by molar-refractivity contribution is 9.09. The molecule has 0 bridgehead atoms. The monoisotopic (exact) mass is 210 g/mol. The van der Waals surface area contributed by atoms with Crippen molar-refractivity contribution >= 4 is 15.9 Å². The predicted octanol–water partition coefficient (Wildman–Crippen LogP) is 1.86. The molecule has 0 aromatic carbocycles. The minimum atomic E-state index is -3.01. The third kappa shape index (κ3) is 1.53. The molecule has 0 atom stereocenters. The quantitative estimate of drug-likeness (QED) is 0.648. The third-order valence-electron chi connectivity index (χ3n) is 1.00. The second-order valence-corrected chi connectivity index (χ2v) is 2.87. The van der Waals surface area contributed by atoms with Gasteiger partial charge >= 0.3 is 4.83 Å². The van der Waals surface area contributed by atoms with Crippen LogP contribution in [0.5, 0.6) is 0 Å². The first-order valence-corrected chi connectivity index (χ1v) is 3.36. The Bertz CT molecular complexity index is 228. The highest BCUT2D eigenvalue weighted by Crippen LogP contribution is 2.32. The fourth-order valence-corrected chi connectivity index (χ4v) is 0.778. The number of aromatic nitrogens is 2. The van der Waals surface area contributed by atoms with Crippen LogP contribution < -0.4 is 0 Å². The van der Waals surface area contributed by atoms with Crippen molar-refractivity contribution in [2.24, 2.45) is 7.05 Å². The van der Waals surface area contributed by atoms with Crippen molar-refractivity contribution < 1.29 is 8.78 Å². The van der Waals surface area contributed by atoms with Crippen LogP contribution in [-0.4, -0.2) is 9.78 Å². The van der Waals surface area contributed by atoms with Crippen molar-refractivity contribution in [2.75, 3.05) is 0 Å². The van der Waals surface area contributed by atoms with Gasteiger partial charge in [0, 0.05) is 13.2 Å². The minimum Gasteiger partial charge on any atom is -0.275 e. The Labute approximate surface area is 65.0 Å². The van der Waals surface area contributed by atoms with E-state index in [0.717, 1.165) is 0 Å². The fourth-order valence-electron chi connectivity index (χ4n) is 0.566. The zero-order valence-corrected chi connectivity index (χ0v) is 6.77. The van der Waals surface area contributed by atoms with Crippen molar-refractivity contribution in [3.8, 4) is 0 Å². The SMILES string of the molecule is Cn1ccc(C(F)(F)Br)n1. The molecule has 0 N–H and O–H groups in total. The van der Waals surface area contributed by atoms with E-state index in [1.807, 2.05) is 0 Å². The second-order valence-electron chi connectivity index (χ2n) is 1.87. The molecule has 0 aliphatic rings. The molecule has 0 fully saturated rings. The summed E-state index contributed by atoms with van der Waals surface area (Å²) in [6, 6.07) is 1.26. The van der Waals surface area contributed by atoms with Gasteiger partial charge in [-0.3, -0.25) is 4.68 Å². The average molecular weight is 211 g/mol. The maximum absolute atomic E-state index is 12.3. The van der Waals surface area contributed by atoms with E-state index in [0.29, 0.717) is 0 Å². The van der Waals surface area contributed by atoms with E-state index < -0.39 is 4.83 Å².